The highest BCUT2D eigenvalue weighted by Crippen LogP contribution is 2.49. The minimum atomic E-state index is -0.920. The van der Waals surface area contributed by atoms with E-state index in [1.165, 1.54) is 123 Å². The lowest BCUT2D eigenvalue weighted by Crippen LogP contribution is -2.39. The number of ether oxygens (including phenoxy) is 6. The number of esters is 6. The third-order valence-corrected chi connectivity index (χ3v) is 26.8. The first-order chi connectivity index (χ1) is 49.3. The number of rotatable bonds is 33. The molecule has 618 valence electrons. The predicted octanol–water partition coefficient (Wildman–Crippen LogP) is 23.3. The fourth-order valence-electron chi connectivity index (χ4n) is 18.9. The molecule has 0 spiro atoms. The second-order valence-corrected chi connectivity index (χ2v) is 36.0. The highest BCUT2D eigenvalue weighted by Gasteiger charge is 2.46. The minimum Gasteiger partial charge on any atom is -0.469 e. The molecule has 6 fully saturated rings. The predicted molar refractivity (Wildman–Crippen MR) is 432 cm³/mol. The van der Waals surface area contributed by atoms with Gasteiger partial charge in [-0.2, -0.15) is 0 Å². The highest BCUT2D eigenvalue weighted by atomic mass is 16.6. The van der Waals surface area contributed by atoms with Crippen LogP contribution in [-0.4, -0.2) is 94.4 Å². The Morgan fingerprint density at radius 1 is 0.429 bits per heavy atom. The van der Waals surface area contributed by atoms with Gasteiger partial charge >= 0.3 is 35.8 Å². The summed E-state index contributed by atoms with van der Waals surface area (Å²) >= 11 is 0. The summed E-state index contributed by atoms with van der Waals surface area (Å²) in [7, 11) is 1.48. The van der Waals surface area contributed by atoms with Crippen LogP contribution in [0.3, 0.4) is 0 Å². The molecule has 14 nitrogen and oxygen atoms in total. The summed E-state index contributed by atoms with van der Waals surface area (Å²) in [5, 5.41) is 20.9. The maximum atomic E-state index is 12.5. The first-order valence-electron chi connectivity index (χ1n) is 43.8. The molecule has 21 atom stereocenters. The first kappa shape index (κ1) is 99.7. The molecule has 6 saturated carbocycles. The lowest BCUT2D eigenvalue weighted by Gasteiger charge is -2.33. The zero-order chi connectivity index (χ0) is 80.2. The highest BCUT2D eigenvalue weighted by molar-refractivity contribution is 5.74. The van der Waals surface area contributed by atoms with Crippen molar-refractivity contribution in [2.75, 3.05) is 13.7 Å². The Balaban J connectivity index is 0.000000631. The topological polar surface area (TPSA) is 198 Å². The average molecular weight is 1490 g/mol. The van der Waals surface area contributed by atoms with E-state index in [1.807, 2.05) is 48.5 Å². The molecule has 14 heteroatoms. The molecule has 105 heavy (non-hydrogen) atoms. The molecule has 21 unspecified atom stereocenters. The van der Waals surface area contributed by atoms with Crippen molar-refractivity contribution in [1.82, 2.24) is 0 Å². The summed E-state index contributed by atoms with van der Waals surface area (Å²) in [5.41, 5.74) is -1.85. The van der Waals surface area contributed by atoms with Crippen LogP contribution in [0.4, 0.5) is 0 Å². The molecule has 0 bridgehead atoms. The molecule has 6 rings (SSSR count). The van der Waals surface area contributed by atoms with Crippen LogP contribution in [0.5, 0.6) is 0 Å². The van der Waals surface area contributed by atoms with Crippen molar-refractivity contribution < 1.29 is 67.4 Å². The fraction of sp³-hybridized carbons (Fsp3) is 0.934. The van der Waals surface area contributed by atoms with Crippen LogP contribution in [0.1, 0.15) is 385 Å². The molecule has 0 saturated heterocycles. The molecule has 2 N–H and O–H groups in total. The average Bonchev–Trinajstić information content (AvgIpc) is 1.70. The number of hydrogen-bond donors (Lipinski definition) is 2. The second kappa shape index (κ2) is 50.6. The van der Waals surface area contributed by atoms with E-state index in [0.717, 1.165) is 112 Å². The van der Waals surface area contributed by atoms with E-state index >= 15 is 0 Å². The SMILES string of the molecule is CCC1CC(CC)C(C(=O)OC(C)(C)C)C1.CCC1CC(CC)C(C(C)C(=O)OC(C)(CC)CC)C1.CCC1CC(CC)C(C(O)CC(=O)OC(C)C)C1.CCC1CC(CC)C(CC(=O)OC(C)(C)CC)C1.CCC1CC(CC)C(CCC(=O)OC)C1.CCOC(=O)CC(C)(O)C1CC(CC)CC1CC. The normalized spacial score (nSPS) is 29.7. The first-order valence-corrected chi connectivity index (χ1v) is 43.8. The molecule has 0 amide bonds. The Hall–Kier alpha value is -3.26. The number of carbonyl (C=O) groups is 6. The molecule has 0 aromatic heterocycles. The van der Waals surface area contributed by atoms with Gasteiger partial charge in [-0.1, -0.05) is 188 Å². The van der Waals surface area contributed by atoms with Gasteiger partial charge in [-0.15, -0.1) is 0 Å². The third-order valence-electron chi connectivity index (χ3n) is 26.8. The summed E-state index contributed by atoms with van der Waals surface area (Å²) in [6.45, 7) is 54.6. The van der Waals surface area contributed by atoms with E-state index in [9.17, 15) is 39.0 Å². The summed E-state index contributed by atoms with van der Waals surface area (Å²) in [5.74, 6) is 10.6. The molecule has 0 aromatic rings. The van der Waals surface area contributed by atoms with Gasteiger partial charge in [0.15, 0.2) is 0 Å². The standard InChI is InChI=1S/C18H34O2.C16H30O2.2C15H28O3.C14H26O2.C13H24O2/c1-7-14-11-15(8-2)16(12-14)13(5)17(19)20-18(6,9-3)10-4;1-6-12-9-13(7-2)14(10-12)11-15(17)18-16(4,5)8-3;1-5-11-7-12(6-2)13(8-11)14(16)9-15(17)18-10(3)4;1-5-11-8-12(6-2)13(9-11)15(4,17)10-14(16)18-7-3;1-6-10-8-11(7-2)12(9-10)13(15)16-14(3,4)5;1-4-10-8-11(5-2)12(9-10)6-7-13(14)15-3/h13-16H,7-12H2,1-6H3;12-14H,6-11H2,1-5H3;10-14,16H,5-9H2,1-4H3;11-13,17H,5-10H2,1-4H3;10-12H,6-9H2,1-5H3;10-12H,4-9H2,1-3H3. The quantitative estimate of drug-likeness (QED) is 0.0465. The van der Waals surface area contributed by atoms with E-state index in [4.69, 9.17) is 28.4 Å². The maximum absolute atomic E-state index is 12.5. The number of carbonyl (C=O) groups excluding carboxylic acids is 6. The van der Waals surface area contributed by atoms with E-state index < -0.39 is 11.7 Å². The van der Waals surface area contributed by atoms with Gasteiger partial charge in [-0.3, -0.25) is 28.8 Å². The Bertz CT molecular complexity index is 2390. The van der Waals surface area contributed by atoms with Crippen LogP contribution < -0.4 is 0 Å². The van der Waals surface area contributed by atoms with Gasteiger partial charge in [0.25, 0.3) is 0 Å². The lowest BCUT2D eigenvalue weighted by molar-refractivity contribution is -0.166. The molecule has 0 radical (unpaired) electrons. The van der Waals surface area contributed by atoms with Crippen molar-refractivity contribution >= 4 is 35.8 Å². The monoisotopic (exact) mass is 1490 g/mol. The fourth-order valence-corrected chi connectivity index (χ4v) is 18.9. The Morgan fingerprint density at radius 2 is 0.848 bits per heavy atom. The molecule has 0 heterocycles. The van der Waals surface area contributed by atoms with Crippen molar-refractivity contribution in [3.8, 4) is 0 Å². The summed E-state index contributed by atoms with van der Waals surface area (Å²) in [6, 6.07) is 0. The molecule has 6 aliphatic carbocycles. The van der Waals surface area contributed by atoms with Crippen LogP contribution in [0, 0.1) is 112 Å². The third kappa shape index (κ3) is 35.8. The van der Waals surface area contributed by atoms with Gasteiger partial charge in [0, 0.05) is 12.8 Å². The van der Waals surface area contributed by atoms with Gasteiger partial charge in [0.1, 0.15) is 16.8 Å². The number of methoxy groups -OCH3 is 1. The van der Waals surface area contributed by atoms with Gasteiger partial charge in [-0.25, -0.2) is 0 Å². The maximum Gasteiger partial charge on any atom is 0.309 e. The van der Waals surface area contributed by atoms with Crippen LogP contribution in [0.25, 0.3) is 0 Å². The van der Waals surface area contributed by atoms with E-state index in [-0.39, 0.29) is 95.2 Å². The zero-order valence-corrected chi connectivity index (χ0v) is 73.3. The van der Waals surface area contributed by atoms with Crippen molar-refractivity contribution in [3.63, 3.8) is 0 Å². The van der Waals surface area contributed by atoms with Gasteiger partial charge in [0.05, 0.1) is 56.2 Å². The van der Waals surface area contributed by atoms with E-state index in [0.29, 0.717) is 60.9 Å². The largest absolute Gasteiger partial charge is 0.469 e. The summed E-state index contributed by atoms with van der Waals surface area (Å²) in [4.78, 5) is 70.8. The molecular formula is C91H170O14. The molecular weight excluding hydrogens is 1320 g/mol. The van der Waals surface area contributed by atoms with Crippen LogP contribution in [-0.2, 0) is 57.2 Å². The van der Waals surface area contributed by atoms with Gasteiger partial charge in [-0.05, 0) is 273 Å². The molecule has 6 aliphatic rings. The van der Waals surface area contributed by atoms with E-state index in [1.54, 1.807) is 13.8 Å². The smallest absolute Gasteiger partial charge is 0.309 e. The van der Waals surface area contributed by atoms with Crippen molar-refractivity contribution in [2.24, 2.45) is 112 Å². The number of aliphatic hydroxyl groups is 2. The second-order valence-electron chi connectivity index (χ2n) is 36.0. The van der Waals surface area contributed by atoms with Crippen LogP contribution >= 0.6 is 0 Å². The van der Waals surface area contributed by atoms with Crippen molar-refractivity contribution in [2.45, 2.75) is 420 Å². The van der Waals surface area contributed by atoms with E-state index in [2.05, 4.69) is 118 Å². The van der Waals surface area contributed by atoms with Crippen molar-refractivity contribution in [1.29, 1.82) is 0 Å². The summed E-state index contributed by atoms with van der Waals surface area (Å²) < 4.78 is 31.7. The van der Waals surface area contributed by atoms with Gasteiger partial charge in [0.2, 0.25) is 0 Å². The Labute approximate surface area is 646 Å². The van der Waals surface area contributed by atoms with Crippen LogP contribution in [0.15, 0.2) is 0 Å². The number of hydrogen-bond acceptors (Lipinski definition) is 14. The van der Waals surface area contributed by atoms with Gasteiger partial charge < -0.3 is 38.6 Å². The number of aliphatic hydroxyl groups excluding tert-OH is 1. The Morgan fingerprint density at radius 3 is 1.30 bits per heavy atom. The molecule has 0 aromatic carbocycles. The Kier molecular flexibility index (Phi) is 48.1. The lowest BCUT2D eigenvalue weighted by atomic mass is 9.78. The minimum absolute atomic E-state index is 0.00190. The zero-order valence-electron chi connectivity index (χ0n) is 73.3. The summed E-state index contributed by atoms with van der Waals surface area (Å²) in [6.07, 6.45) is 33.3. The van der Waals surface area contributed by atoms with Crippen LogP contribution in [0.2, 0.25) is 0 Å². The van der Waals surface area contributed by atoms with Crippen molar-refractivity contribution in [3.05, 3.63) is 0 Å². The molecule has 0 aliphatic heterocycles.